The van der Waals surface area contributed by atoms with Crippen LogP contribution in [0.4, 0.5) is 33.1 Å². The highest BCUT2D eigenvalue weighted by Gasteiger charge is 2.15. The van der Waals surface area contributed by atoms with Crippen LogP contribution in [0.25, 0.3) is 21.8 Å². The van der Waals surface area contributed by atoms with Gasteiger partial charge in [0, 0.05) is 80.2 Å². The third kappa shape index (κ3) is 11.9. The van der Waals surface area contributed by atoms with E-state index in [0.717, 1.165) is 89.6 Å². The number of rotatable bonds is 17. The first-order valence-corrected chi connectivity index (χ1v) is 19.6. The fourth-order valence-corrected chi connectivity index (χ4v) is 6.44. The molecule has 3 N–H and O–H groups in total. The first-order valence-electron chi connectivity index (χ1n) is 18.8. The molecule has 0 saturated carbocycles. The van der Waals surface area contributed by atoms with Gasteiger partial charge < -0.3 is 44.4 Å². The van der Waals surface area contributed by atoms with Gasteiger partial charge in [0.1, 0.15) is 49.1 Å². The number of terminal acetylenes is 1. The van der Waals surface area contributed by atoms with Crippen LogP contribution >= 0.6 is 15.9 Å². The summed E-state index contributed by atoms with van der Waals surface area (Å²) in [6, 6.07) is 19.9. The molecule has 2 aromatic heterocycles. The largest absolute Gasteiger partial charge is 0.495 e. The summed E-state index contributed by atoms with van der Waals surface area (Å²) in [5.74, 6) is 5.49. The van der Waals surface area contributed by atoms with Gasteiger partial charge in [-0.05, 0) is 64.5 Å². The van der Waals surface area contributed by atoms with Crippen molar-refractivity contribution in [3.63, 3.8) is 0 Å². The molecule has 0 radical (unpaired) electrons. The molecule has 1 aliphatic heterocycles. The highest BCUT2D eigenvalue weighted by molar-refractivity contribution is 9.10. The summed E-state index contributed by atoms with van der Waals surface area (Å²) in [6.45, 7) is 6.89. The van der Waals surface area contributed by atoms with Gasteiger partial charge in [-0.3, -0.25) is 4.90 Å². The van der Waals surface area contributed by atoms with E-state index >= 15 is 0 Å². The molecule has 1 aliphatic rings. The Hall–Kier alpha value is -5.83. The molecule has 0 aliphatic carbocycles. The van der Waals surface area contributed by atoms with Gasteiger partial charge in [-0.25, -0.2) is 24.3 Å². The Morgan fingerprint density at radius 3 is 2.02 bits per heavy atom. The number of nitrogens with one attached hydrogen (secondary N) is 3. The zero-order valence-corrected chi connectivity index (χ0v) is 34.7. The monoisotopic (exact) mass is 868 g/mol. The molecule has 0 bridgehead atoms. The lowest BCUT2D eigenvalue weighted by Crippen LogP contribution is -2.39. The van der Waals surface area contributed by atoms with E-state index in [0.29, 0.717) is 54.0 Å². The molecule has 16 heteroatoms. The Kier molecular flexibility index (Phi) is 15.8. The van der Waals surface area contributed by atoms with E-state index in [2.05, 4.69) is 62.6 Å². The first kappa shape index (κ1) is 42.8. The zero-order chi connectivity index (χ0) is 41.4. The van der Waals surface area contributed by atoms with Gasteiger partial charge in [0.25, 0.3) is 0 Å². The molecule has 0 atom stereocenters. The summed E-state index contributed by atoms with van der Waals surface area (Å²) >= 11 is 3.21. The molecule has 0 spiro atoms. The molecule has 7 rings (SSSR count). The number of morpholine rings is 1. The quantitative estimate of drug-likeness (QED) is 0.0617. The van der Waals surface area contributed by atoms with Crippen molar-refractivity contribution in [3.05, 3.63) is 95.2 Å². The van der Waals surface area contributed by atoms with Gasteiger partial charge in [-0.2, -0.15) is 0 Å². The number of nitrogens with zero attached hydrogens (tertiary/aromatic N) is 5. The second kappa shape index (κ2) is 21.8. The molecule has 0 unspecified atom stereocenters. The predicted molar refractivity (Wildman–Crippen MR) is 231 cm³/mol. The van der Waals surface area contributed by atoms with Crippen LogP contribution in [0.1, 0.15) is 5.56 Å². The molecule has 4 aromatic carbocycles. The average Bonchev–Trinajstić information content (AvgIpc) is 3.26. The Morgan fingerprint density at radius 2 is 1.39 bits per heavy atom. The normalized spacial score (nSPS) is 12.6. The van der Waals surface area contributed by atoms with Gasteiger partial charge in [0.2, 0.25) is 0 Å². The molecular formula is C43H46BrFN8O6. The topological polar surface area (TPSA) is 146 Å². The number of ether oxygens (including phenoxy) is 6. The lowest BCUT2D eigenvalue weighted by atomic mass is 10.2. The fraction of sp³-hybridized carbons (Fsp3) is 0.302. The van der Waals surface area contributed by atoms with Gasteiger partial charge in [0.05, 0.1) is 54.7 Å². The minimum Gasteiger partial charge on any atom is -0.495 e. The van der Waals surface area contributed by atoms with Crippen molar-refractivity contribution in [2.24, 2.45) is 0 Å². The molecule has 1 saturated heterocycles. The van der Waals surface area contributed by atoms with Crippen LogP contribution in [0.15, 0.2) is 83.9 Å². The van der Waals surface area contributed by atoms with E-state index in [1.807, 2.05) is 48.5 Å². The Labute approximate surface area is 350 Å². The summed E-state index contributed by atoms with van der Waals surface area (Å²) in [5.41, 5.74) is 4.69. The fourth-order valence-electron chi connectivity index (χ4n) is 6.06. The van der Waals surface area contributed by atoms with Gasteiger partial charge in [-0.15, -0.1) is 6.42 Å². The molecule has 14 nitrogen and oxygen atoms in total. The minimum absolute atomic E-state index is 0.315. The van der Waals surface area contributed by atoms with Crippen molar-refractivity contribution in [3.8, 4) is 29.6 Å². The molecule has 6 aromatic rings. The smallest absolute Gasteiger partial charge is 0.163 e. The van der Waals surface area contributed by atoms with E-state index in [1.54, 1.807) is 33.5 Å². The van der Waals surface area contributed by atoms with Crippen molar-refractivity contribution in [1.29, 1.82) is 0 Å². The summed E-state index contributed by atoms with van der Waals surface area (Å²) in [5, 5.41) is 11.6. The van der Waals surface area contributed by atoms with E-state index in [1.165, 1.54) is 18.7 Å². The maximum Gasteiger partial charge on any atom is 0.163 e. The molecular weight excluding hydrogens is 823 g/mol. The number of hydrogen-bond acceptors (Lipinski definition) is 14. The maximum absolute atomic E-state index is 13.5. The van der Waals surface area contributed by atoms with Crippen molar-refractivity contribution >= 4 is 66.4 Å². The number of benzene rings is 4. The highest BCUT2D eigenvalue weighted by atomic mass is 79.9. The summed E-state index contributed by atoms with van der Waals surface area (Å²) in [4.78, 5) is 19.9. The van der Waals surface area contributed by atoms with Crippen molar-refractivity contribution in [1.82, 2.24) is 24.8 Å². The maximum atomic E-state index is 13.5. The van der Waals surface area contributed by atoms with Crippen LogP contribution in [0.3, 0.4) is 0 Å². The van der Waals surface area contributed by atoms with Gasteiger partial charge >= 0.3 is 0 Å². The van der Waals surface area contributed by atoms with E-state index < -0.39 is 0 Å². The molecule has 3 heterocycles. The van der Waals surface area contributed by atoms with E-state index in [9.17, 15) is 4.39 Å². The zero-order valence-electron chi connectivity index (χ0n) is 33.1. The summed E-state index contributed by atoms with van der Waals surface area (Å²) in [7, 11) is 4.89. The molecule has 308 valence electrons. The number of aromatic nitrogens is 4. The van der Waals surface area contributed by atoms with Gasteiger partial charge in [-0.1, -0.05) is 12.0 Å². The van der Waals surface area contributed by atoms with E-state index in [4.69, 9.17) is 34.8 Å². The number of methoxy groups -OCH3 is 3. The van der Waals surface area contributed by atoms with E-state index in [-0.39, 0.29) is 5.82 Å². The average molecular weight is 870 g/mol. The van der Waals surface area contributed by atoms with Crippen molar-refractivity contribution in [2.75, 3.05) is 103 Å². The van der Waals surface area contributed by atoms with Crippen LogP contribution in [0.5, 0.6) is 17.2 Å². The van der Waals surface area contributed by atoms with Crippen LogP contribution in [-0.2, 0) is 14.2 Å². The number of halogens is 2. The second-order valence-corrected chi connectivity index (χ2v) is 13.9. The Balaban J connectivity index is 0.000000199. The number of anilines is 5. The Morgan fingerprint density at radius 1 is 0.763 bits per heavy atom. The van der Waals surface area contributed by atoms with Crippen LogP contribution < -0.4 is 30.2 Å². The molecule has 1 fully saturated rings. The highest BCUT2D eigenvalue weighted by Crippen LogP contribution is 2.36. The van der Waals surface area contributed by atoms with Crippen LogP contribution in [0.2, 0.25) is 0 Å². The van der Waals surface area contributed by atoms with Crippen LogP contribution in [-0.4, -0.2) is 112 Å². The summed E-state index contributed by atoms with van der Waals surface area (Å²) in [6.07, 6.45) is 8.49. The van der Waals surface area contributed by atoms with Gasteiger partial charge in [0.15, 0.2) is 11.5 Å². The van der Waals surface area contributed by atoms with Crippen molar-refractivity contribution < 1.29 is 32.8 Å². The lowest BCUT2D eigenvalue weighted by Gasteiger charge is -2.26. The minimum atomic E-state index is -0.315. The third-order valence-corrected chi connectivity index (χ3v) is 9.68. The van der Waals surface area contributed by atoms with Crippen molar-refractivity contribution in [2.45, 2.75) is 0 Å². The number of hydrogen-bond donors (Lipinski definition) is 3. The third-order valence-electron chi connectivity index (χ3n) is 9.07. The van der Waals surface area contributed by atoms with Crippen LogP contribution in [0, 0.1) is 18.2 Å². The lowest BCUT2D eigenvalue weighted by molar-refractivity contribution is 0.0398. The Bertz CT molecular complexity index is 2360. The predicted octanol–water partition coefficient (Wildman–Crippen LogP) is 7.43. The SMILES string of the molecule is C#Cc1cccc(Nc2ncnc3cc(OCCOC)c(OCCOC)cc23)c1.COc1cc2ncnc(Nc3ccc(F)c(Br)c3)c2cc1NCCN1CCOCC1. The standard InChI is InChI=1S/C22H23N3O4.C21H23BrFN5O2/c1-4-16-6-5-7-17(12-16)25-22-18-13-20(28-10-8-26-2)21(29-11-9-27-3)14-19(18)23-15-24-22;1-29-20-12-18-15(11-19(20)24-4-5-28-6-8-30-9-7-28)21(26-13-25-18)27-14-2-3-17(23)16(22)10-14/h1,5-7,12-15H,8-11H2,2-3H3,(H,23,24,25);2-3,10-13,24H,4-9H2,1H3,(H,25,26,27). The number of fused-ring (bicyclic) bond motifs is 2. The molecule has 59 heavy (non-hydrogen) atoms. The summed E-state index contributed by atoms with van der Waals surface area (Å²) < 4.78 is 46.7. The second-order valence-electron chi connectivity index (χ2n) is 13.0. The first-order chi connectivity index (χ1) is 28.9. The molecule has 0 amide bonds.